The van der Waals surface area contributed by atoms with Crippen LogP contribution in [-0.4, -0.2) is 44.2 Å². The van der Waals surface area contributed by atoms with Gasteiger partial charge in [0, 0.05) is 29.6 Å². The fourth-order valence-corrected chi connectivity index (χ4v) is 3.78. The lowest BCUT2D eigenvalue weighted by atomic mass is 10.2. The standard InChI is InChI=1S/C17H18Br2N2O3S/c1-20(11-13-3-5-14(18)6-4-13)17(22)12-21(2)25(23,24)16-9-7-15(19)8-10-16/h3-10H,11-12H2,1-2H3. The molecule has 0 fully saturated rings. The van der Waals surface area contributed by atoms with E-state index in [1.54, 1.807) is 19.2 Å². The summed E-state index contributed by atoms with van der Waals surface area (Å²) in [6, 6.07) is 13.9. The summed E-state index contributed by atoms with van der Waals surface area (Å²) < 4.78 is 27.9. The van der Waals surface area contributed by atoms with E-state index >= 15 is 0 Å². The summed E-state index contributed by atoms with van der Waals surface area (Å²) >= 11 is 6.64. The van der Waals surface area contributed by atoms with Crippen LogP contribution in [0, 0.1) is 0 Å². The van der Waals surface area contributed by atoms with Crippen molar-refractivity contribution in [1.82, 2.24) is 9.21 Å². The van der Waals surface area contributed by atoms with Crippen LogP contribution in [-0.2, 0) is 21.4 Å². The summed E-state index contributed by atoms with van der Waals surface area (Å²) in [7, 11) is -0.641. The quantitative estimate of drug-likeness (QED) is 0.624. The van der Waals surface area contributed by atoms with Gasteiger partial charge in [0.15, 0.2) is 0 Å². The van der Waals surface area contributed by atoms with E-state index in [4.69, 9.17) is 0 Å². The van der Waals surface area contributed by atoms with Crippen molar-refractivity contribution in [3.8, 4) is 0 Å². The van der Waals surface area contributed by atoms with Crippen LogP contribution in [0.4, 0.5) is 0 Å². The Kier molecular flexibility index (Phi) is 6.79. The monoisotopic (exact) mass is 488 g/mol. The van der Waals surface area contributed by atoms with Gasteiger partial charge in [-0.2, -0.15) is 4.31 Å². The van der Waals surface area contributed by atoms with Crippen LogP contribution in [0.5, 0.6) is 0 Å². The van der Waals surface area contributed by atoms with Gasteiger partial charge in [-0.25, -0.2) is 8.42 Å². The van der Waals surface area contributed by atoms with E-state index in [9.17, 15) is 13.2 Å². The highest BCUT2D eigenvalue weighted by atomic mass is 79.9. The van der Waals surface area contributed by atoms with Gasteiger partial charge in [-0.1, -0.05) is 44.0 Å². The molecule has 0 saturated heterocycles. The smallest absolute Gasteiger partial charge is 0.243 e. The summed E-state index contributed by atoms with van der Waals surface area (Å²) in [6.07, 6.45) is 0. The molecule has 2 aromatic carbocycles. The predicted octanol–water partition coefficient (Wildman–Crippen LogP) is 3.49. The largest absolute Gasteiger partial charge is 0.340 e. The van der Waals surface area contributed by atoms with Crippen LogP contribution >= 0.6 is 31.9 Å². The second kappa shape index (κ2) is 8.44. The Labute approximate surface area is 164 Å². The maximum Gasteiger partial charge on any atom is 0.243 e. The molecule has 0 aliphatic rings. The van der Waals surface area contributed by atoms with E-state index in [0.717, 1.165) is 18.8 Å². The highest BCUT2D eigenvalue weighted by Crippen LogP contribution is 2.18. The Balaban J connectivity index is 2.03. The molecule has 0 aliphatic heterocycles. The number of hydrogen-bond donors (Lipinski definition) is 0. The van der Waals surface area contributed by atoms with Crippen LogP contribution in [0.3, 0.4) is 0 Å². The molecule has 2 rings (SSSR count). The van der Waals surface area contributed by atoms with E-state index in [1.165, 1.54) is 24.1 Å². The van der Waals surface area contributed by atoms with Gasteiger partial charge in [0.25, 0.3) is 0 Å². The minimum atomic E-state index is -3.70. The fourth-order valence-electron chi connectivity index (χ4n) is 2.13. The van der Waals surface area contributed by atoms with Crippen LogP contribution in [0.2, 0.25) is 0 Å². The zero-order valence-corrected chi connectivity index (χ0v) is 17.8. The zero-order valence-electron chi connectivity index (χ0n) is 13.8. The Bertz CT molecular complexity index is 837. The third-order valence-corrected chi connectivity index (χ3v) is 6.51. The minimum absolute atomic E-state index is 0.154. The van der Waals surface area contributed by atoms with Crippen molar-refractivity contribution in [2.45, 2.75) is 11.4 Å². The van der Waals surface area contributed by atoms with Crippen LogP contribution < -0.4 is 0 Å². The first-order valence-corrected chi connectivity index (χ1v) is 10.4. The number of halogens is 2. The van der Waals surface area contributed by atoms with Crippen molar-refractivity contribution in [2.24, 2.45) is 0 Å². The van der Waals surface area contributed by atoms with Gasteiger partial charge in [0.2, 0.25) is 15.9 Å². The van der Waals surface area contributed by atoms with Crippen molar-refractivity contribution in [1.29, 1.82) is 0 Å². The van der Waals surface area contributed by atoms with Crippen LogP contribution in [0.15, 0.2) is 62.4 Å². The van der Waals surface area contributed by atoms with Crippen molar-refractivity contribution in [3.05, 3.63) is 63.0 Å². The summed E-state index contributed by atoms with van der Waals surface area (Å²) in [4.78, 5) is 14.0. The molecular formula is C17H18Br2N2O3S. The summed E-state index contributed by atoms with van der Waals surface area (Å²) in [6.45, 7) is 0.198. The van der Waals surface area contributed by atoms with Gasteiger partial charge in [0.1, 0.15) is 0 Å². The van der Waals surface area contributed by atoms with Crippen molar-refractivity contribution in [2.75, 3.05) is 20.6 Å². The number of carbonyl (C=O) groups is 1. The topological polar surface area (TPSA) is 57.7 Å². The lowest BCUT2D eigenvalue weighted by Gasteiger charge is -2.22. The van der Waals surface area contributed by atoms with E-state index in [1.807, 2.05) is 24.3 Å². The van der Waals surface area contributed by atoms with E-state index in [0.29, 0.717) is 6.54 Å². The SMILES string of the molecule is CN(Cc1ccc(Br)cc1)C(=O)CN(C)S(=O)(=O)c1ccc(Br)cc1. The number of rotatable bonds is 6. The molecule has 0 aliphatic carbocycles. The molecule has 0 radical (unpaired) electrons. The molecule has 0 bridgehead atoms. The number of likely N-dealkylation sites (N-methyl/N-ethyl adjacent to an activating group) is 2. The van der Waals surface area contributed by atoms with Gasteiger partial charge in [-0.3, -0.25) is 4.79 Å². The molecule has 134 valence electrons. The lowest BCUT2D eigenvalue weighted by Crippen LogP contribution is -2.39. The molecule has 0 heterocycles. The summed E-state index contributed by atoms with van der Waals surface area (Å²) in [5.74, 6) is -0.272. The first-order chi connectivity index (χ1) is 11.7. The van der Waals surface area contributed by atoms with Crippen molar-refractivity contribution < 1.29 is 13.2 Å². The third kappa shape index (κ3) is 5.37. The molecule has 25 heavy (non-hydrogen) atoms. The molecule has 0 saturated carbocycles. The average molecular weight is 490 g/mol. The number of carbonyl (C=O) groups excluding carboxylic acids is 1. The molecule has 0 aromatic heterocycles. The number of hydrogen-bond acceptors (Lipinski definition) is 3. The molecule has 5 nitrogen and oxygen atoms in total. The van der Waals surface area contributed by atoms with Crippen LogP contribution in [0.1, 0.15) is 5.56 Å². The molecule has 0 N–H and O–H groups in total. The Morgan fingerprint density at radius 3 is 1.92 bits per heavy atom. The number of amides is 1. The Morgan fingerprint density at radius 1 is 0.920 bits per heavy atom. The molecule has 1 amide bonds. The third-order valence-electron chi connectivity index (χ3n) is 3.64. The maximum atomic E-state index is 12.5. The average Bonchev–Trinajstić information content (AvgIpc) is 2.57. The zero-order chi connectivity index (χ0) is 18.6. The molecule has 0 spiro atoms. The fraction of sp³-hybridized carbons (Fsp3) is 0.235. The summed E-state index contributed by atoms with van der Waals surface area (Å²) in [5, 5.41) is 0. The molecular weight excluding hydrogens is 472 g/mol. The first kappa shape index (κ1) is 20.1. The lowest BCUT2D eigenvalue weighted by molar-refractivity contribution is -0.130. The normalized spacial score (nSPS) is 11.6. The highest BCUT2D eigenvalue weighted by molar-refractivity contribution is 9.10. The van der Waals surface area contributed by atoms with Crippen molar-refractivity contribution >= 4 is 47.8 Å². The van der Waals surface area contributed by atoms with E-state index in [-0.39, 0.29) is 17.3 Å². The van der Waals surface area contributed by atoms with E-state index in [2.05, 4.69) is 31.9 Å². The first-order valence-electron chi connectivity index (χ1n) is 7.40. The minimum Gasteiger partial charge on any atom is -0.340 e. The Hall–Kier alpha value is -1.22. The maximum absolute atomic E-state index is 12.5. The van der Waals surface area contributed by atoms with Gasteiger partial charge >= 0.3 is 0 Å². The molecule has 8 heteroatoms. The van der Waals surface area contributed by atoms with Crippen molar-refractivity contribution in [3.63, 3.8) is 0 Å². The van der Waals surface area contributed by atoms with Gasteiger partial charge in [0.05, 0.1) is 11.4 Å². The van der Waals surface area contributed by atoms with E-state index < -0.39 is 10.0 Å². The van der Waals surface area contributed by atoms with Gasteiger partial charge in [-0.05, 0) is 42.0 Å². The number of sulfonamides is 1. The second-order valence-corrected chi connectivity index (χ2v) is 9.47. The molecule has 0 unspecified atom stereocenters. The van der Waals surface area contributed by atoms with Gasteiger partial charge < -0.3 is 4.90 Å². The highest BCUT2D eigenvalue weighted by Gasteiger charge is 2.24. The number of nitrogens with zero attached hydrogens (tertiary/aromatic N) is 2. The molecule has 0 atom stereocenters. The molecule has 2 aromatic rings. The van der Waals surface area contributed by atoms with Crippen LogP contribution in [0.25, 0.3) is 0 Å². The van der Waals surface area contributed by atoms with Gasteiger partial charge in [-0.15, -0.1) is 0 Å². The second-order valence-electron chi connectivity index (χ2n) is 5.59. The number of benzene rings is 2. The Morgan fingerprint density at radius 2 is 1.40 bits per heavy atom. The summed E-state index contributed by atoms with van der Waals surface area (Å²) in [5.41, 5.74) is 0.970. The predicted molar refractivity (Wildman–Crippen MR) is 105 cm³/mol.